The molecule has 2 N–H and O–H groups in total. The molecule has 0 aliphatic carbocycles. The maximum absolute atomic E-state index is 10.8. The fourth-order valence-electron chi connectivity index (χ4n) is 1.39. The Hall–Kier alpha value is -2.36. The summed E-state index contributed by atoms with van der Waals surface area (Å²) < 4.78 is 0. The summed E-state index contributed by atoms with van der Waals surface area (Å²) in [5, 5.41) is 18.1. The van der Waals surface area contributed by atoms with Gasteiger partial charge in [0.1, 0.15) is 5.75 Å². The van der Waals surface area contributed by atoms with Crippen molar-refractivity contribution in [1.82, 2.24) is 4.98 Å². The molecular weight excluding hydrogens is 206 g/mol. The molecule has 0 amide bonds. The van der Waals surface area contributed by atoms with Crippen LogP contribution < -0.4 is 0 Å². The number of phenolic OH excluding ortho intramolecular Hbond substituents is 1. The molecule has 0 unspecified atom stereocenters. The molecule has 0 aliphatic heterocycles. The summed E-state index contributed by atoms with van der Waals surface area (Å²) in [6.07, 6.45) is 1.43. The van der Waals surface area contributed by atoms with Crippen molar-refractivity contribution in [2.75, 3.05) is 0 Å². The fourth-order valence-corrected chi connectivity index (χ4v) is 1.39. The molecule has 16 heavy (non-hydrogen) atoms. The molecule has 1 aromatic heterocycles. The third-order valence-electron chi connectivity index (χ3n) is 2.15. The van der Waals surface area contributed by atoms with E-state index in [1.807, 2.05) is 0 Å². The molecule has 2 rings (SSSR count). The van der Waals surface area contributed by atoms with E-state index in [2.05, 4.69) is 4.98 Å². The Bertz CT molecular complexity index is 537. The Kier molecular flexibility index (Phi) is 2.55. The Morgan fingerprint density at radius 2 is 2.00 bits per heavy atom. The van der Waals surface area contributed by atoms with Crippen molar-refractivity contribution in [3.63, 3.8) is 0 Å². The van der Waals surface area contributed by atoms with Crippen LogP contribution >= 0.6 is 0 Å². The number of carboxylic acids is 1. The predicted octanol–water partition coefficient (Wildman–Crippen LogP) is 2.15. The van der Waals surface area contributed by atoms with E-state index in [1.165, 1.54) is 24.4 Å². The number of rotatable bonds is 2. The highest BCUT2D eigenvalue weighted by atomic mass is 16.4. The second kappa shape index (κ2) is 4.02. The molecule has 0 fully saturated rings. The van der Waals surface area contributed by atoms with Crippen molar-refractivity contribution >= 4 is 5.97 Å². The molecule has 0 saturated carbocycles. The van der Waals surface area contributed by atoms with Crippen molar-refractivity contribution < 1.29 is 15.0 Å². The lowest BCUT2D eigenvalue weighted by molar-refractivity contribution is 0.0697. The number of aromatic carboxylic acids is 1. The van der Waals surface area contributed by atoms with Gasteiger partial charge in [0.2, 0.25) is 0 Å². The molecule has 4 heteroatoms. The summed E-state index contributed by atoms with van der Waals surface area (Å²) >= 11 is 0. The van der Waals surface area contributed by atoms with E-state index in [0.29, 0.717) is 11.3 Å². The first kappa shape index (κ1) is 10.2. The second-order valence-corrected chi connectivity index (χ2v) is 3.29. The van der Waals surface area contributed by atoms with E-state index in [4.69, 9.17) is 5.11 Å². The minimum absolute atomic E-state index is 0.125. The minimum Gasteiger partial charge on any atom is -0.508 e. The van der Waals surface area contributed by atoms with Crippen LogP contribution in [0.3, 0.4) is 0 Å². The zero-order valence-corrected chi connectivity index (χ0v) is 8.29. The van der Waals surface area contributed by atoms with Crippen molar-refractivity contribution in [3.8, 4) is 17.0 Å². The minimum atomic E-state index is -0.996. The maximum Gasteiger partial charge on any atom is 0.335 e. The van der Waals surface area contributed by atoms with Crippen molar-refractivity contribution in [2.45, 2.75) is 0 Å². The third-order valence-corrected chi connectivity index (χ3v) is 2.15. The van der Waals surface area contributed by atoms with Crippen LogP contribution in [0.1, 0.15) is 10.4 Å². The molecule has 0 atom stereocenters. The van der Waals surface area contributed by atoms with Crippen LogP contribution in [0.5, 0.6) is 5.75 Å². The van der Waals surface area contributed by atoms with E-state index in [0.717, 1.165) is 0 Å². The van der Waals surface area contributed by atoms with Crippen LogP contribution in [0.4, 0.5) is 0 Å². The molecule has 4 nitrogen and oxygen atoms in total. The molecular formula is C12H9NO3. The Balaban J connectivity index is 2.48. The fraction of sp³-hybridized carbons (Fsp3) is 0. The van der Waals surface area contributed by atoms with E-state index >= 15 is 0 Å². The largest absolute Gasteiger partial charge is 0.508 e. The number of phenols is 1. The van der Waals surface area contributed by atoms with Crippen molar-refractivity contribution in [3.05, 3.63) is 48.2 Å². The lowest BCUT2D eigenvalue weighted by Gasteiger charge is -2.02. The highest BCUT2D eigenvalue weighted by Gasteiger charge is 2.06. The van der Waals surface area contributed by atoms with Gasteiger partial charge in [0.25, 0.3) is 0 Å². The van der Waals surface area contributed by atoms with Crippen LogP contribution in [0.15, 0.2) is 42.6 Å². The maximum atomic E-state index is 10.8. The third kappa shape index (κ3) is 2.00. The number of aromatic nitrogens is 1. The molecule has 2 aromatic rings. The van der Waals surface area contributed by atoms with Gasteiger partial charge in [0.15, 0.2) is 0 Å². The van der Waals surface area contributed by atoms with E-state index in [-0.39, 0.29) is 11.3 Å². The van der Waals surface area contributed by atoms with E-state index < -0.39 is 5.97 Å². The normalized spacial score (nSPS) is 10.0. The number of carboxylic acid groups (broad SMARTS) is 1. The first-order valence-corrected chi connectivity index (χ1v) is 4.65. The molecule has 0 saturated heterocycles. The van der Waals surface area contributed by atoms with Gasteiger partial charge in [-0.05, 0) is 24.3 Å². The summed E-state index contributed by atoms with van der Waals surface area (Å²) in [4.78, 5) is 14.8. The van der Waals surface area contributed by atoms with Crippen LogP contribution in [0, 0.1) is 0 Å². The second-order valence-electron chi connectivity index (χ2n) is 3.29. The van der Waals surface area contributed by atoms with Gasteiger partial charge >= 0.3 is 5.97 Å². The molecule has 0 bridgehead atoms. The number of benzene rings is 1. The standard InChI is InChI=1S/C12H9NO3/c14-10-3-1-2-8(6-10)11-7-9(12(15)16)4-5-13-11/h1-7,14H,(H,15,16). The van der Waals surface area contributed by atoms with Gasteiger partial charge in [-0.15, -0.1) is 0 Å². The quantitative estimate of drug-likeness (QED) is 0.805. The van der Waals surface area contributed by atoms with Gasteiger partial charge < -0.3 is 10.2 Å². The number of hydrogen-bond acceptors (Lipinski definition) is 3. The molecule has 1 heterocycles. The number of nitrogens with zero attached hydrogens (tertiary/aromatic N) is 1. The highest BCUT2D eigenvalue weighted by Crippen LogP contribution is 2.21. The first-order chi connectivity index (χ1) is 7.66. The Labute approximate surface area is 91.8 Å². The average molecular weight is 215 g/mol. The van der Waals surface area contributed by atoms with E-state index in [1.54, 1.807) is 18.2 Å². The van der Waals surface area contributed by atoms with Gasteiger partial charge in [0.05, 0.1) is 11.3 Å². The van der Waals surface area contributed by atoms with E-state index in [9.17, 15) is 9.90 Å². The molecule has 80 valence electrons. The SMILES string of the molecule is O=C(O)c1ccnc(-c2cccc(O)c2)c1. The number of carbonyl (C=O) groups is 1. The van der Waals surface area contributed by atoms with Gasteiger partial charge in [-0.25, -0.2) is 4.79 Å². The lowest BCUT2D eigenvalue weighted by Crippen LogP contribution is -1.97. The monoisotopic (exact) mass is 215 g/mol. The summed E-state index contributed by atoms with van der Waals surface area (Å²) in [5.41, 5.74) is 1.38. The molecule has 0 aliphatic rings. The summed E-state index contributed by atoms with van der Waals surface area (Å²) in [6.45, 7) is 0. The zero-order chi connectivity index (χ0) is 11.5. The summed E-state index contributed by atoms with van der Waals surface area (Å²) in [5.74, 6) is -0.871. The molecule has 0 radical (unpaired) electrons. The van der Waals surface area contributed by atoms with Crippen LogP contribution in [0.25, 0.3) is 11.3 Å². The molecule has 1 aromatic carbocycles. The Morgan fingerprint density at radius 3 is 2.69 bits per heavy atom. The van der Waals surface area contributed by atoms with Gasteiger partial charge in [0, 0.05) is 11.8 Å². The van der Waals surface area contributed by atoms with Crippen LogP contribution in [-0.4, -0.2) is 21.2 Å². The van der Waals surface area contributed by atoms with Crippen molar-refractivity contribution in [2.24, 2.45) is 0 Å². The topological polar surface area (TPSA) is 70.4 Å². The number of aromatic hydroxyl groups is 1. The van der Waals surface area contributed by atoms with Crippen molar-refractivity contribution in [1.29, 1.82) is 0 Å². The Morgan fingerprint density at radius 1 is 1.19 bits per heavy atom. The van der Waals surface area contributed by atoms with Crippen LogP contribution in [0.2, 0.25) is 0 Å². The smallest absolute Gasteiger partial charge is 0.335 e. The average Bonchev–Trinajstić information content (AvgIpc) is 2.29. The lowest BCUT2D eigenvalue weighted by atomic mass is 10.1. The number of hydrogen-bond donors (Lipinski definition) is 2. The first-order valence-electron chi connectivity index (χ1n) is 4.65. The van der Waals surface area contributed by atoms with Gasteiger partial charge in [-0.2, -0.15) is 0 Å². The van der Waals surface area contributed by atoms with Crippen LogP contribution in [-0.2, 0) is 0 Å². The predicted molar refractivity (Wildman–Crippen MR) is 58.3 cm³/mol. The highest BCUT2D eigenvalue weighted by molar-refractivity contribution is 5.88. The number of pyridine rings is 1. The zero-order valence-electron chi connectivity index (χ0n) is 8.29. The van der Waals surface area contributed by atoms with Gasteiger partial charge in [-0.1, -0.05) is 12.1 Å². The summed E-state index contributed by atoms with van der Waals surface area (Å²) in [6, 6.07) is 9.41. The summed E-state index contributed by atoms with van der Waals surface area (Å²) in [7, 11) is 0. The molecule has 0 spiro atoms. The van der Waals surface area contributed by atoms with Gasteiger partial charge in [-0.3, -0.25) is 4.98 Å².